The second-order valence-corrected chi connectivity index (χ2v) is 6.66. The molecule has 1 aliphatic rings. The summed E-state index contributed by atoms with van der Waals surface area (Å²) >= 11 is 0. The molecule has 2 aromatic rings. The van der Waals surface area contributed by atoms with Crippen LogP contribution in [0.15, 0.2) is 36.7 Å². The number of aryl methyl sites for hydroxylation is 1. The smallest absolute Gasteiger partial charge is 0.261 e. The van der Waals surface area contributed by atoms with Crippen LogP contribution in [-0.4, -0.2) is 28.5 Å². The SMILES string of the molecule is CCN(C(=O)c1cnc(NC2CCCCC2)nc1)c1cccc(C)c1. The van der Waals surface area contributed by atoms with E-state index < -0.39 is 0 Å². The molecular weight excluding hydrogens is 312 g/mol. The lowest BCUT2D eigenvalue weighted by atomic mass is 9.96. The lowest BCUT2D eigenvalue weighted by Crippen LogP contribution is -2.31. The van der Waals surface area contributed by atoms with Gasteiger partial charge in [0, 0.05) is 30.7 Å². The van der Waals surface area contributed by atoms with Crippen molar-refractivity contribution in [3.63, 3.8) is 0 Å². The second-order valence-electron chi connectivity index (χ2n) is 6.66. The lowest BCUT2D eigenvalue weighted by molar-refractivity contribution is 0.0987. The zero-order chi connectivity index (χ0) is 17.6. The van der Waals surface area contributed by atoms with Gasteiger partial charge >= 0.3 is 0 Å². The van der Waals surface area contributed by atoms with E-state index in [1.54, 1.807) is 17.3 Å². The number of aromatic nitrogens is 2. The monoisotopic (exact) mass is 338 g/mol. The Morgan fingerprint density at radius 1 is 1.20 bits per heavy atom. The van der Waals surface area contributed by atoms with Gasteiger partial charge in [-0.1, -0.05) is 31.4 Å². The quantitative estimate of drug-likeness (QED) is 0.888. The second kappa shape index (κ2) is 8.10. The van der Waals surface area contributed by atoms with Crippen LogP contribution in [0.4, 0.5) is 11.6 Å². The minimum atomic E-state index is -0.0719. The number of hydrogen-bond acceptors (Lipinski definition) is 4. The fourth-order valence-corrected chi connectivity index (χ4v) is 3.34. The van der Waals surface area contributed by atoms with Crippen molar-refractivity contribution in [2.45, 2.75) is 52.0 Å². The van der Waals surface area contributed by atoms with Crippen molar-refractivity contribution in [1.29, 1.82) is 0 Å². The zero-order valence-electron chi connectivity index (χ0n) is 15.0. The van der Waals surface area contributed by atoms with Crippen molar-refractivity contribution in [3.8, 4) is 0 Å². The highest BCUT2D eigenvalue weighted by molar-refractivity contribution is 6.05. The van der Waals surface area contributed by atoms with E-state index in [1.807, 2.05) is 38.1 Å². The average Bonchev–Trinajstić information content (AvgIpc) is 2.64. The molecule has 0 atom stereocenters. The summed E-state index contributed by atoms with van der Waals surface area (Å²) in [5.41, 5.74) is 2.54. The number of nitrogens with zero attached hydrogens (tertiary/aromatic N) is 3. The van der Waals surface area contributed by atoms with Crippen molar-refractivity contribution >= 4 is 17.5 Å². The van der Waals surface area contributed by atoms with E-state index in [-0.39, 0.29) is 5.91 Å². The Bertz CT molecular complexity index is 708. The van der Waals surface area contributed by atoms with E-state index in [9.17, 15) is 4.79 Å². The molecule has 0 aliphatic heterocycles. The molecule has 0 unspecified atom stereocenters. The summed E-state index contributed by atoms with van der Waals surface area (Å²) in [6.45, 7) is 4.60. The molecule has 25 heavy (non-hydrogen) atoms. The molecule has 1 saturated carbocycles. The third-order valence-corrected chi connectivity index (χ3v) is 4.71. The van der Waals surface area contributed by atoms with Gasteiger partial charge in [0.05, 0.1) is 5.56 Å². The van der Waals surface area contributed by atoms with Gasteiger partial charge in [-0.15, -0.1) is 0 Å². The van der Waals surface area contributed by atoms with Crippen LogP contribution < -0.4 is 10.2 Å². The molecule has 0 radical (unpaired) electrons. The van der Waals surface area contributed by atoms with Crippen molar-refractivity contribution in [3.05, 3.63) is 47.8 Å². The summed E-state index contributed by atoms with van der Waals surface area (Å²) in [5.74, 6) is 0.541. The summed E-state index contributed by atoms with van der Waals surface area (Å²) in [4.78, 5) is 23.3. The maximum absolute atomic E-state index is 12.8. The molecule has 1 aromatic heterocycles. The van der Waals surface area contributed by atoms with Gasteiger partial charge in [0.2, 0.25) is 5.95 Å². The van der Waals surface area contributed by atoms with Gasteiger partial charge in [0.15, 0.2) is 0 Å². The summed E-state index contributed by atoms with van der Waals surface area (Å²) in [6.07, 6.45) is 9.42. The molecule has 5 heteroatoms. The van der Waals surface area contributed by atoms with E-state index in [0.29, 0.717) is 24.1 Å². The minimum Gasteiger partial charge on any atom is -0.351 e. The van der Waals surface area contributed by atoms with Crippen LogP contribution in [0.5, 0.6) is 0 Å². The van der Waals surface area contributed by atoms with Crippen molar-refractivity contribution in [2.24, 2.45) is 0 Å². The predicted octanol–water partition coefficient (Wildman–Crippen LogP) is 4.20. The molecule has 132 valence electrons. The van der Waals surface area contributed by atoms with Crippen LogP contribution in [0.3, 0.4) is 0 Å². The first kappa shape index (κ1) is 17.4. The number of hydrogen-bond donors (Lipinski definition) is 1. The van der Waals surface area contributed by atoms with E-state index in [4.69, 9.17) is 0 Å². The minimum absolute atomic E-state index is 0.0719. The van der Waals surface area contributed by atoms with E-state index in [1.165, 1.54) is 32.1 Å². The Morgan fingerprint density at radius 2 is 1.92 bits per heavy atom. The van der Waals surface area contributed by atoms with Crippen LogP contribution in [-0.2, 0) is 0 Å². The third kappa shape index (κ3) is 4.35. The van der Waals surface area contributed by atoms with Crippen LogP contribution in [0.1, 0.15) is 54.9 Å². The zero-order valence-corrected chi connectivity index (χ0v) is 15.0. The number of nitrogens with one attached hydrogen (secondary N) is 1. The molecule has 1 aliphatic carbocycles. The standard InChI is InChI=1S/C20H26N4O/c1-3-24(18-11-7-8-15(2)12-18)19(25)16-13-21-20(22-14-16)23-17-9-5-4-6-10-17/h7-8,11-14,17H,3-6,9-10H2,1-2H3,(H,21,22,23). The molecule has 1 heterocycles. The highest BCUT2D eigenvalue weighted by Crippen LogP contribution is 2.21. The largest absolute Gasteiger partial charge is 0.351 e. The highest BCUT2D eigenvalue weighted by Gasteiger charge is 2.18. The first-order valence-corrected chi connectivity index (χ1v) is 9.14. The molecule has 1 N–H and O–H groups in total. The van der Waals surface area contributed by atoms with Gasteiger partial charge in [0.25, 0.3) is 5.91 Å². The van der Waals surface area contributed by atoms with Gasteiger partial charge in [-0.2, -0.15) is 0 Å². The number of anilines is 2. The Labute approximate surface area is 149 Å². The highest BCUT2D eigenvalue weighted by atomic mass is 16.2. The fraction of sp³-hybridized carbons (Fsp3) is 0.450. The van der Waals surface area contributed by atoms with Crippen molar-refractivity contribution in [2.75, 3.05) is 16.8 Å². The molecule has 1 fully saturated rings. The first-order valence-electron chi connectivity index (χ1n) is 9.14. The first-order chi connectivity index (χ1) is 12.2. The predicted molar refractivity (Wildman–Crippen MR) is 101 cm³/mol. The summed E-state index contributed by atoms with van der Waals surface area (Å²) in [7, 11) is 0. The molecule has 3 rings (SSSR count). The van der Waals surface area contributed by atoms with Gasteiger partial charge in [0.1, 0.15) is 0 Å². The molecular formula is C20H26N4O. The number of benzene rings is 1. The van der Waals surface area contributed by atoms with E-state index in [0.717, 1.165) is 11.3 Å². The maximum Gasteiger partial charge on any atom is 0.261 e. The van der Waals surface area contributed by atoms with Gasteiger partial charge in [-0.05, 0) is 44.4 Å². The van der Waals surface area contributed by atoms with Crippen LogP contribution in [0.2, 0.25) is 0 Å². The van der Waals surface area contributed by atoms with Crippen LogP contribution in [0, 0.1) is 6.92 Å². The Balaban J connectivity index is 1.70. The molecule has 0 saturated heterocycles. The summed E-state index contributed by atoms with van der Waals surface area (Å²) < 4.78 is 0. The topological polar surface area (TPSA) is 58.1 Å². The molecule has 0 bridgehead atoms. The van der Waals surface area contributed by atoms with Gasteiger partial charge in [-0.3, -0.25) is 4.79 Å². The Kier molecular flexibility index (Phi) is 5.64. The summed E-state index contributed by atoms with van der Waals surface area (Å²) in [6, 6.07) is 8.41. The van der Waals surface area contributed by atoms with Gasteiger partial charge in [-0.25, -0.2) is 9.97 Å². The van der Waals surface area contributed by atoms with Crippen molar-refractivity contribution in [1.82, 2.24) is 9.97 Å². The Hall–Kier alpha value is -2.43. The van der Waals surface area contributed by atoms with E-state index >= 15 is 0 Å². The number of carbonyl (C=O) groups is 1. The average molecular weight is 338 g/mol. The fourth-order valence-electron chi connectivity index (χ4n) is 3.34. The molecule has 0 spiro atoms. The lowest BCUT2D eigenvalue weighted by Gasteiger charge is -2.23. The van der Waals surface area contributed by atoms with E-state index in [2.05, 4.69) is 15.3 Å². The Morgan fingerprint density at radius 3 is 2.56 bits per heavy atom. The van der Waals surface area contributed by atoms with Crippen LogP contribution >= 0.6 is 0 Å². The normalized spacial score (nSPS) is 15.0. The number of carbonyl (C=O) groups excluding carboxylic acids is 1. The summed E-state index contributed by atoms with van der Waals surface area (Å²) in [5, 5.41) is 3.38. The molecule has 1 amide bonds. The van der Waals surface area contributed by atoms with Gasteiger partial charge < -0.3 is 10.2 Å². The van der Waals surface area contributed by atoms with Crippen LogP contribution in [0.25, 0.3) is 0 Å². The van der Waals surface area contributed by atoms with Crippen molar-refractivity contribution < 1.29 is 4.79 Å². The third-order valence-electron chi connectivity index (χ3n) is 4.71. The number of rotatable bonds is 5. The molecule has 5 nitrogen and oxygen atoms in total. The number of amides is 1. The molecule has 1 aromatic carbocycles. The maximum atomic E-state index is 12.8.